The van der Waals surface area contributed by atoms with Crippen molar-refractivity contribution in [3.63, 3.8) is 0 Å². The molecule has 0 aromatic carbocycles. The second-order valence-corrected chi connectivity index (χ2v) is 4.57. The average Bonchev–Trinajstić information content (AvgIpc) is 2.56. The van der Waals surface area contributed by atoms with Gasteiger partial charge in [-0.15, -0.1) is 0 Å². The van der Waals surface area contributed by atoms with Gasteiger partial charge in [0.15, 0.2) is 5.79 Å². The van der Waals surface area contributed by atoms with E-state index in [4.69, 9.17) is 19.9 Å². The number of fused-ring (bicyclic) bond motifs is 1. The molecule has 0 aromatic heterocycles. The zero-order valence-corrected chi connectivity index (χ0v) is 9.08. The molecule has 2 N–H and O–H groups in total. The molecule has 0 spiro atoms. The minimum Gasteiger partial charge on any atom is -0.372 e. The van der Waals surface area contributed by atoms with Crippen molar-refractivity contribution < 1.29 is 14.2 Å². The third kappa shape index (κ3) is 1.37. The van der Waals surface area contributed by atoms with E-state index in [0.717, 1.165) is 6.42 Å². The average molecular weight is 201 g/mol. The lowest BCUT2D eigenvalue weighted by molar-refractivity contribution is -0.188. The first-order chi connectivity index (χ1) is 6.53. The Labute approximate surface area is 84.7 Å². The highest BCUT2D eigenvalue weighted by Crippen LogP contribution is 2.43. The van der Waals surface area contributed by atoms with Gasteiger partial charge in [0, 0.05) is 6.54 Å². The van der Waals surface area contributed by atoms with Crippen molar-refractivity contribution in [3.8, 4) is 0 Å². The molecule has 0 bridgehead atoms. The summed E-state index contributed by atoms with van der Waals surface area (Å²) in [5.41, 5.74) is 5.35. The molecule has 2 fully saturated rings. The summed E-state index contributed by atoms with van der Waals surface area (Å²) in [5.74, 6) is -0.527. The largest absolute Gasteiger partial charge is 0.372 e. The fourth-order valence-corrected chi connectivity index (χ4v) is 2.40. The molecule has 0 aliphatic carbocycles. The fourth-order valence-electron chi connectivity index (χ4n) is 2.40. The Morgan fingerprint density at radius 1 is 1.43 bits per heavy atom. The third-order valence-corrected chi connectivity index (χ3v) is 3.01. The maximum atomic E-state index is 5.87. The van der Waals surface area contributed by atoms with E-state index in [0.29, 0.717) is 13.2 Å². The van der Waals surface area contributed by atoms with Gasteiger partial charge < -0.3 is 19.9 Å². The van der Waals surface area contributed by atoms with Gasteiger partial charge in [-0.05, 0) is 20.3 Å². The first-order valence-electron chi connectivity index (χ1n) is 5.23. The molecule has 2 aliphatic heterocycles. The SMILES string of the molecule is CC[C@H]1OC[C@]2(CN)OC(C)(C)O[C@H]12. The van der Waals surface area contributed by atoms with Gasteiger partial charge >= 0.3 is 0 Å². The summed E-state index contributed by atoms with van der Waals surface area (Å²) < 4.78 is 17.3. The van der Waals surface area contributed by atoms with Crippen molar-refractivity contribution in [2.75, 3.05) is 13.2 Å². The summed E-state index contributed by atoms with van der Waals surface area (Å²) in [6.45, 7) is 6.95. The molecule has 82 valence electrons. The normalized spacial score (nSPS) is 45.4. The van der Waals surface area contributed by atoms with Gasteiger partial charge in [0.1, 0.15) is 11.7 Å². The van der Waals surface area contributed by atoms with Gasteiger partial charge in [0.05, 0.1) is 12.7 Å². The Hall–Kier alpha value is -0.160. The first-order valence-corrected chi connectivity index (χ1v) is 5.23. The van der Waals surface area contributed by atoms with Crippen LogP contribution in [0.5, 0.6) is 0 Å². The molecule has 2 aliphatic rings. The summed E-state index contributed by atoms with van der Waals surface area (Å²) >= 11 is 0. The van der Waals surface area contributed by atoms with Crippen molar-refractivity contribution >= 4 is 0 Å². The molecule has 0 radical (unpaired) electrons. The van der Waals surface area contributed by atoms with E-state index in [2.05, 4.69) is 6.92 Å². The molecular formula is C10H19NO3. The Balaban J connectivity index is 2.22. The lowest BCUT2D eigenvalue weighted by Crippen LogP contribution is -2.47. The minimum absolute atomic E-state index is 0.00694. The van der Waals surface area contributed by atoms with Crippen LogP contribution in [0.1, 0.15) is 27.2 Å². The Morgan fingerprint density at radius 3 is 2.71 bits per heavy atom. The molecule has 14 heavy (non-hydrogen) atoms. The van der Waals surface area contributed by atoms with E-state index in [9.17, 15) is 0 Å². The monoisotopic (exact) mass is 201 g/mol. The molecule has 2 saturated heterocycles. The minimum atomic E-state index is -0.527. The molecule has 0 amide bonds. The van der Waals surface area contributed by atoms with Crippen LogP contribution in [-0.2, 0) is 14.2 Å². The summed E-state index contributed by atoms with van der Waals surface area (Å²) in [7, 11) is 0. The predicted molar refractivity (Wildman–Crippen MR) is 51.9 cm³/mol. The number of hydrogen-bond acceptors (Lipinski definition) is 4. The first kappa shape index (κ1) is 10.4. The van der Waals surface area contributed by atoms with Gasteiger partial charge in [-0.3, -0.25) is 0 Å². The van der Waals surface area contributed by atoms with Crippen LogP contribution in [-0.4, -0.2) is 36.7 Å². The van der Waals surface area contributed by atoms with Crippen LogP contribution in [0, 0.1) is 0 Å². The number of rotatable bonds is 2. The van der Waals surface area contributed by atoms with Crippen LogP contribution in [0.4, 0.5) is 0 Å². The second kappa shape index (κ2) is 3.17. The van der Waals surface area contributed by atoms with Gasteiger partial charge in [0.25, 0.3) is 0 Å². The molecule has 2 rings (SSSR count). The molecule has 0 aromatic rings. The highest BCUT2D eigenvalue weighted by molar-refractivity contribution is 5.05. The molecule has 0 unspecified atom stereocenters. The second-order valence-electron chi connectivity index (χ2n) is 4.57. The van der Waals surface area contributed by atoms with Gasteiger partial charge in [-0.25, -0.2) is 0 Å². The maximum absolute atomic E-state index is 5.87. The third-order valence-electron chi connectivity index (χ3n) is 3.01. The lowest BCUT2D eigenvalue weighted by Gasteiger charge is -2.24. The Morgan fingerprint density at radius 2 is 2.14 bits per heavy atom. The van der Waals surface area contributed by atoms with Crippen LogP contribution in [0.15, 0.2) is 0 Å². The maximum Gasteiger partial charge on any atom is 0.164 e. The van der Waals surface area contributed by atoms with Crippen LogP contribution in [0.3, 0.4) is 0 Å². The summed E-state index contributed by atoms with van der Waals surface area (Å²) in [6.07, 6.45) is 1.05. The van der Waals surface area contributed by atoms with E-state index in [1.54, 1.807) is 0 Å². The molecule has 2 heterocycles. The van der Waals surface area contributed by atoms with Crippen LogP contribution < -0.4 is 5.73 Å². The topological polar surface area (TPSA) is 53.7 Å². The molecule has 4 nitrogen and oxygen atoms in total. The quantitative estimate of drug-likeness (QED) is 0.712. The number of ether oxygens (including phenoxy) is 3. The Bertz CT molecular complexity index is 231. The van der Waals surface area contributed by atoms with Crippen molar-refractivity contribution in [1.82, 2.24) is 0 Å². The van der Waals surface area contributed by atoms with E-state index in [-0.39, 0.29) is 12.2 Å². The smallest absolute Gasteiger partial charge is 0.164 e. The number of hydrogen-bond donors (Lipinski definition) is 1. The number of nitrogens with two attached hydrogens (primary N) is 1. The van der Waals surface area contributed by atoms with Gasteiger partial charge in [-0.1, -0.05) is 6.92 Å². The molecule has 0 saturated carbocycles. The highest BCUT2D eigenvalue weighted by atomic mass is 16.8. The molecule has 3 atom stereocenters. The zero-order chi connectivity index (χ0) is 10.4. The van der Waals surface area contributed by atoms with Crippen molar-refractivity contribution in [3.05, 3.63) is 0 Å². The van der Waals surface area contributed by atoms with Crippen LogP contribution in [0.2, 0.25) is 0 Å². The fraction of sp³-hybridized carbons (Fsp3) is 1.00. The Kier molecular flexibility index (Phi) is 2.34. The zero-order valence-electron chi connectivity index (χ0n) is 9.08. The van der Waals surface area contributed by atoms with Crippen molar-refractivity contribution in [2.24, 2.45) is 5.73 Å². The van der Waals surface area contributed by atoms with E-state index in [1.165, 1.54) is 0 Å². The van der Waals surface area contributed by atoms with E-state index < -0.39 is 11.4 Å². The van der Waals surface area contributed by atoms with E-state index in [1.807, 2.05) is 13.8 Å². The lowest BCUT2D eigenvalue weighted by atomic mass is 9.96. The molecule has 4 heteroatoms. The predicted octanol–water partition coefficient (Wildman–Crippen LogP) is 0.644. The van der Waals surface area contributed by atoms with Gasteiger partial charge in [0.2, 0.25) is 0 Å². The highest BCUT2D eigenvalue weighted by Gasteiger charge is 2.59. The van der Waals surface area contributed by atoms with Gasteiger partial charge in [-0.2, -0.15) is 0 Å². The van der Waals surface area contributed by atoms with Crippen LogP contribution in [0.25, 0.3) is 0 Å². The van der Waals surface area contributed by atoms with Crippen molar-refractivity contribution in [1.29, 1.82) is 0 Å². The summed E-state index contributed by atoms with van der Waals surface area (Å²) in [5, 5.41) is 0. The van der Waals surface area contributed by atoms with Crippen molar-refractivity contribution in [2.45, 2.75) is 50.8 Å². The standard InChI is InChI=1S/C10H19NO3/c1-4-7-8-10(5-11,6-12-7)14-9(2,3)13-8/h7-8H,4-6,11H2,1-3H3/t7-,8-,10+/m1/s1. The van der Waals surface area contributed by atoms with E-state index >= 15 is 0 Å². The summed E-state index contributed by atoms with van der Waals surface area (Å²) in [4.78, 5) is 0. The van der Waals surface area contributed by atoms with Crippen LogP contribution >= 0.6 is 0 Å². The summed E-state index contributed by atoms with van der Waals surface area (Å²) in [6, 6.07) is 0. The molecular weight excluding hydrogens is 182 g/mol.